The highest BCUT2D eigenvalue weighted by atomic mass is 16.5. The molecule has 0 saturated carbocycles. The molecule has 0 spiro atoms. The van der Waals surface area contributed by atoms with E-state index in [1.54, 1.807) is 24.3 Å². The fourth-order valence-electron chi connectivity index (χ4n) is 1.46. The number of Topliss-reactive ketones (excluding diaryl/α,β-unsaturated/α-hetero) is 1. The van der Waals surface area contributed by atoms with Gasteiger partial charge in [0.25, 0.3) is 0 Å². The zero-order valence-corrected chi connectivity index (χ0v) is 11.0. The summed E-state index contributed by atoms with van der Waals surface area (Å²) < 4.78 is 5.44. The number of ketones is 1. The molecular formula is C14H19NO3. The largest absolute Gasteiger partial charge is 0.493 e. The van der Waals surface area contributed by atoms with Crippen molar-refractivity contribution in [3.05, 3.63) is 29.8 Å². The SMILES string of the molecule is CC(=O)c1cccc(OCCC(=O)NC(C)C)c1. The van der Waals surface area contributed by atoms with Gasteiger partial charge in [0.15, 0.2) is 5.78 Å². The molecule has 0 unspecified atom stereocenters. The van der Waals surface area contributed by atoms with Crippen LogP contribution in [0.25, 0.3) is 0 Å². The molecule has 1 aromatic carbocycles. The highest BCUT2D eigenvalue weighted by molar-refractivity contribution is 5.94. The smallest absolute Gasteiger partial charge is 0.223 e. The van der Waals surface area contributed by atoms with Crippen LogP contribution in [0.3, 0.4) is 0 Å². The number of rotatable bonds is 6. The average Bonchev–Trinajstić information content (AvgIpc) is 2.28. The molecule has 1 aromatic rings. The lowest BCUT2D eigenvalue weighted by molar-refractivity contribution is -0.122. The standard InChI is InChI=1S/C14H19NO3/c1-10(2)15-14(17)7-8-18-13-6-4-5-12(9-13)11(3)16/h4-6,9-10H,7-8H2,1-3H3,(H,15,17). The summed E-state index contributed by atoms with van der Waals surface area (Å²) in [6.07, 6.45) is 0.308. The third-order valence-electron chi connectivity index (χ3n) is 2.29. The maximum absolute atomic E-state index is 11.4. The third-order valence-corrected chi connectivity index (χ3v) is 2.29. The zero-order valence-electron chi connectivity index (χ0n) is 11.0. The summed E-state index contributed by atoms with van der Waals surface area (Å²) in [5.41, 5.74) is 0.610. The van der Waals surface area contributed by atoms with Crippen molar-refractivity contribution in [2.75, 3.05) is 6.61 Å². The topological polar surface area (TPSA) is 55.4 Å². The van der Waals surface area contributed by atoms with Crippen LogP contribution in [0.15, 0.2) is 24.3 Å². The van der Waals surface area contributed by atoms with E-state index in [1.807, 2.05) is 13.8 Å². The Labute approximate surface area is 107 Å². The van der Waals surface area contributed by atoms with Gasteiger partial charge in [0, 0.05) is 11.6 Å². The number of nitrogens with one attached hydrogen (secondary N) is 1. The molecule has 0 radical (unpaired) electrons. The van der Waals surface area contributed by atoms with E-state index in [2.05, 4.69) is 5.32 Å². The molecule has 18 heavy (non-hydrogen) atoms. The summed E-state index contributed by atoms with van der Waals surface area (Å²) in [7, 11) is 0. The molecule has 0 aliphatic carbocycles. The quantitative estimate of drug-likeness (QED) is 0.786. The lowest BCUT2D eigenvalue weighted by atomic mass is 10.1. The predicted molar refractivity (Wildman–Crippen MR) is 69.8 cm³/mol. The molecule has 1 rings (SSSR count). The van der Waals surface area contributed by atoms with Crippen molar-refractivity contribution in [1.29, 1.82) is 0 Å². The van der Waals surface area contributed by atoms with E-state index < -0.39 is 0 Å². The van der Waals surface area contributed by atoms with E-state index in [0.29, 0.717) is 24.3 Å². The zero-order chi connectivity index (χ0) is 13.5. The van der Waals surface area contributed by atoms with Crippen molar-refractivity contribution in [3.8, 4) is 5.75 Å². The minimum Gasteiger partial charge on any atom is -0.493 e. The number of carbonyl (C=O) groups is 2. The average molecular weight is 249 g/mol. The van der Waals surface area contributed by atoms with Gasteiger partial charge in [-0.1, -0.05) is 12.1 Å². The second-order valence-electron chi connectivity index (χ2n) is 4.40. The van der Waals surface area contributed by atoms with E-state index in [-0.39, 0.29) is 17.7 Å². The van der Waals surface area contributed by atoms with Crippen LogP contribution in [0.5, 0.6) is 5.75 Å². The molecule has 0 heterocycles. The molecule has 0 aromatic heterocycles. The molecule has 0 fully saturated rings. The van der Waals surface area contributed by atoms with Gasteiger partial charge in [-0.25, -0.2) is 0 Å². The Hall–Kier alpha value is -1.84. The van der Waals surface area contributed by atoms with Crippen molar-refractivity contribution in [3.63, 3.8) is 0 Å². The van der Waals surface area contributed by atoms with Crippen LogP contribution >= 0.6 is 0 Å². The number of carbonyl (C=O) groups excluding carboxylic acids is 2. The van der Waals surface area contributed by atoms with Crippen LogP contribution in [0.4, 0.5) is 0 Å². The molecule has 1 amide bonds. The van der Waals surface area contributed by atoms with Gasteiger partial charge in [0.05, 0.1) is 13.0 Å². The van der Waals surface area contributed by atoms with Crippen molar-refractivity contribution < 1.29 is 14.3 Å². The van der Waals surface area contributed by atoms with Gasteiger partial charge in [-0.15, -0.1) is 0 Å². The van der Waals surface area contributed by atoms with E-state index in [1.165, 1.54) is 6.92 Å². The molecule has 0 saturated heterocycles. The van der Waals surface area contributed by atoms with Crippen LogP contribution in [0.1, 0.15) is 37.6 Å². The summed E-state index contributed by atoms with van der Waals surface area (Å²) in [4.78, 5) is 22.6. The summed E-state index contributed by atoms with van der Waals surface area (Å²) in [6.45, 7) is 5.64. The van der Waals surface area contributed by atoms with Crippen molar-refractivity contribution in [2.24, 2.45) is 0 Å². The molecule has 4 nitrogen and oxygen atoms in total. The lowest BCUT2D eigenvalue weighted by Crippen LogP contribution is -2.31. The number of ether oxygens (including phenoxy) is 1. The number of hydrogen-bond acceptors (Lipinski definition) is 3. The Balaban J connectivity index is 2.42. The first-order chi connectivity index (χ1) is 8.49. The summed E-state index contributed by atoms with van der Waals surface area (Å²) >= 11 is 0. The van der Waals surface area contributed by atoms with Crippen molar-refractivity contribution >= 4 is 11.7 Å². The number of hydrogen-bond donors (Lipinski definition) is 1. The van der Waals surface area contributed by atoms with Crippen molar-refractivity contribution in [1.82, 2.24) is 5.32 Å². The number of amides is 1. The maximum Gasteiger partial charge on any atom is 0.223 e. The van der Waals surface area contributed by atoms with E-state index in [9.17, 15) is 9.59 Å². The van der Waals surface area contributed by atoms with Gasteiger partial charge in [-0.2, -0.15) is 0 Å². The molecule has 98 valence electrons. The van der Waals surface area contributed by atoms with Crippen LogP contribution in [-0.4, -0.2) is 24.3 Å². The first-order valence-electron chi connectivity index (χ1n) is 6.02. The first kappa shape index (κ1) is 14.2. The van der Waals surface area contributed by atoms with E-state index in [0.717, 1.165) is 0 Å². The third kappa shape index (κ3) is 4.99. The van der Waals surface area contributed by atoms with Gasteiger partial charge in [0.1, 0.15) is 5.75 Å². The van der Waals surface area contributed by atoms with E-state index in [4.69, 9.17) is 4.74 Å². The molecule has 1 N–H and O–H groups in total. The van der Waals surface area contributed by atoms with Crippen LogP contribution in [0.2, 0.25) is 0 Å². The van der Waals surface area contributed by atoms with Crippen LogP contribution in [-0.2, 0) is 4.79 Å². The second kappa shape index (κ2) is 6.79. The van der Waals surface area contributed by atoms with Gasteiger partial charge in [0.2, 0.25) is 5.91 Å². The molecule has 0 aliphatic rings. The van der Waals surface area contributed by atoms with Crippen molar-refractivity contribution in [2.45, 2.75) is 33.2 Å². The Bertz CT molecular complexity index is 427. The minimum absolute atomic E-state index is 0.00185. The van der Waals surface area contributed by atoms with Crippen LogP contribution < -0.4 is 10.1 Å². The van der Waals surface area contributed by atoms with Gasteiger partial charge in [-0.3, -0.25) is 9.59 Å². The van der Waals surface area contributed by atoms with E-state index >= 15 is 0 Å². The normalized spacial score (nSPS) is 10.2. The monoisotopic (exact) mass is 249 g/mol. The molecule has 4 heteroatoms. The molecule has 0 bridgehead atoms. The first-order valence-corrected chi connectivity index (χ1v) is 6.02. The number of benzene rings is 1. The molecule has 0 aliphatic heterocycles. The van der Waals surface area contributed by atoms with Gasteiger partial charge >= 0.3 is 0 Å². The molecule has 0 atom stereocenters. The lowest BCUT2D eigenvalue weighted by Gasteiger charge is -2.09. The fraction of sp³-hybridized carbons (Fsp3) is 0.429. The van der Waals surface area contributed by atoms with Gasteiger partial charge < -0.3 is 10.1 Å². The Kier molecular flexibility index (Phi) is 5.36. The summed E-state index contributed by atoms with van der Waals surface area (Å²) in [6, 6.07) is 7.09. The summed E-state index contributed by atoms with van der Waals surface area (Å²) in [5.74, 6) is 0.575. The maximum atomic E-state index is 11.4. The fourth-order valence-corrected chi connectivity index (χ4v) is 1.46. The highest BCUT2D eigenvalue weighted by Gasteiger charge is 2.04. The Morgan fingerprint density at radius 1 is 1.33 bits per heavy atom. The van der Waals surface area contributed by atoms with Crippen LogP contribution in [0, 0.1) is 0 Å². The predicted octanol–water partition coefficient (Wildman–Crippen LogP) is 2.18. The Morgan fingerprint density at radius 2 is 2.06 bits per heavy atom. The second-order valence-corrected chi connectivity index (χ2v) is 4.40. The summed E-state index contributed by atoms with van der Waals surface area (Å²) in [5, 5.41) is 2.79. The minimum atomic E-state index is -0.0345. The van der Waals surface area contributed by atoms with Gasteiger partial charge in [-0.05, 0) is 32.9 Å². The Morgan fingerprint density at radius 3 is 2.67 bits per heavy atom. The highest BCUT2D eigenvalue weighted by Crippen LogP contribution is 2.13. The molecular weight excluding hydrogens is 230 g/mol.